The normalized spacial score (nSPS) is 13.6. The van der Waals surface area contributed by atoms with E-state index >= 15 is 0 Å². The Morgan fingerprint density at radius 1 is 1.53 bits per heavy atom. The zero-order valence-corrected chi connectivity index (χ0v) is 9.53. The number of carbonyl (C=O) groups excluding carboxylic acids is 2. The van der Waals surface area contributed by atoms with Gasteiger partial charge in [0.15, 0.2) is 0 Å². The summed E-state index contributed by atoms with van der Waals surface area (Å²) < 4.78 is 4.77. The second-order valence-electron chi connectivity index (χ2n) is 3.68. The van der Waals surface area contributed by atoms with Crippen molar-refractivity contribution in [2.24, 2.45) is 0 Å². The molecule has 17 heavy (non-hydrogen) atoms. The van der Waals surface area contributed by atoms with Crippen molar-refractivity contribution in [3.8, 4) is 0 Å². The van der Waals surface area contributed by atoms with Crippen LogP contribution in [0.25, 0.3) is 6.08 Å². The highest BCUT2D eigenvalue weighted by Crippen LogP contribution is 2.17. The van der Waals surface area contributed by atoms with Crippen molar-refractivity contribution in [2.75, 3.05) is 6.61 Å². The highest BCUT2D eigenvalue weighted by molar-refractivity contribution is 5.99. The van der Waals surface area contributed by atoms with Crippen LogP contribution in [0.5, 0.6) is 0 Å². The fourth-order valence-electron chi connectivity index (χ4n) is 1.69. The molecule has 1 aliphatic rings. The first kappa shape index (κ1) is 11.4. The minimum Gasteiger partial charge on any atom is -0.463 e. The van der Waals surface area contributed by atoms with E-state index in [0.717, 1.165) is 11.1 Å². The minimum absolute atomic E-state index is 0.0635. The summed E-state index contributed by atoms with van der Waals surface area (Å²) in [5, 5.41) is 2.74. The summed E-state index contributed by atoms with van der Waals surface area (Å²) in [7, 11) is 0. The summed E-state index contributed by atoms with van der Waals surface area (Å²) in [4.78, 5) is 22.6. The molecular weight excluding hydrogens is 218 g/mol. The van der Waals surface area contributed by atoms with Gasteiger partial charge in [0.05, 0.1) is 6.61 Å². The fraction of sp³-hybridized carbons (Fsp3) is 0.231. The molecule has 0 spiro atoms. The van der Waals surface area contributed by atoms with E-state index in [9.17, 15) is 9.59 Å². The molecule has 1 aromatic rings. The van der Waals surface area contributed by atoms with E-state index in [1.54, 1.807) is 19.1 Å². The SMILES string of the molecule is CCOC(=O)C=Cc1ccc2c(c1)C(=O)NC2. The second kappa shape index (κ2) is 4.82. The Balaban J connectivity index is 2.16. The smallest absolute Gasteiger partial charge is 0.330 e. The molecule has 0 saturated heterocycles. The molecule has 2 rings (SSSR count). The van der Waals surface area contributed by atoms with Crippen LogP contribution in [-0.2, 0) is 16.1 Å². The molecule has 0 aromatic heterocycles. The van der Waals surface area contributed by atoms with Crippen LogP contribution in [0.3, 0.4) is 0 Å². The molecule has 0 saturated carbocycles. The van der Waals surface area contributed by atoms with Gasteiger partial charge in [0.2, 0.25) is 0 Å². The van der Waals surface area contributed by atoms with Crippen molar-refractivity contribution in [3.05, 3.63) is 41.0 Å². The quantitative estimate of drug-likeness (QED) is 0.633. The third-order valence-corrected chi connectivity index (χ3v) is 2.52. The van der Waals surface area contributed by atoms with E-state index in [-0.39, 0.29) is 11.9 Å². The van der Waals surface area contributed by atoms with Crippen LogP contribution >= 0.6 is 0 Å². The third kappa shape index (κ3) is 2.53. The molecule has 0 unspecified atom stereocenters. The van der Waals surface area contributed by atoms with Crippen molar-refractivity contribution in [3.63, 3.8) is 0 Å². The number of esters is 1. The Morgan fingerprint density at radius 2 is 2.35 bits per heavy atom. The second-order valence-corrected chi connectivity index (χ2v) is 3.68. The van der Waals surface area contributed by atoms with E-state index in [4.69, 9.17) is 4.74 Å². The number of carbonyl (C=O) groups is 2. The molecule has 1 aromatic carbocycles. The Bertz CT molecular complexity index is 491. The van der Waals surface area contributed by atoms with Crippen LogP contribution in [-0.4, -0.2) is 18.5 Å². The van der Waals surface area contributed by atoms with Gasteiger partial charge >= 0.3 is 5.97 Å². The van der Waals surface area contributed by atoms with Gasteiger partial charge in [-0.1, -0.05) is 12.1 Å². The first-order valence-corrected chi connectivity index (χ1v) is 5.46. The molecule has 0 bridgehead atoms. The van der Waals surface area contributed by atoms with E-state index in [0.29, 0.717) is 18.7 Å². The van der Waals surface area contributed by atoms with Gasteiger partial charge in [0.1, 0.15) is 0 Å². The maximum absolute atomic E-state index is 11.4. The fourth-order valence-corrected chi connectivity index (χ4v) is 1.69. The maximum Gasteiger partial charge on any atom is 0.330 e. The molecule has 1 amide bonds. The van der Waals surface area contributed by atoms with Gasteiger partial charge in [-0.05, 0) is 30.2 Å². The Labute approximate surface area is 99.3 Å². The average Bonchev–Trinajstić information content (AvgIpc) is 2.69. The molecular formula is C13H13NO3. The topological polar surface area (TPSA) is 55.4 Å². The van der Waals surface area contributed by atoms with Crippen molar-refractivity contribution in [1.29, 1.82) is 0 Å². The summed E-state index contributed by atoms with van der Waals surface area (Å²) in [6, 6.07) is 5.53. The number of amides is 1. The zero-order chi connectivity index (χ0) is 12.3. The standard InChI is InChI=1S/C13H13NO3/c1-2-17-12(15)6-4-9-3-5-10-8-14-13(16)11(10)7-9/h3-7H,2,8H2,1H3,(H,14,16). The summed E-state index contributed by atoms with van der Waals surface area (Å²) in [5.74, 6) is -0.441. The van der Waals surface area contributed by atoms with Gasteiger partial charge in [-0.25, -0.2) is 4.79 Å². The molecule has 0 fully saturated rings. The van der Waals surface area contributed by atoms with Gasteiger partial charge in [0.25, 0.3) is 5.91 Å². The van der Waals surface area contributed by atoms with E-state index in [2.05, 4.69) is 5.32 Å². The summed E-state index contributed by atoms with van der Waals surface area (Å²) >= 11 is 0. The first-order valence-electron chi connectivity index (χ1n) is 5.46. The van der Waals surface area contributed by atoms with Crippen LogP contribution in [0.4, 0.5) is 0 Å². The molecule has 88 valence electrons. The minimum atomic E-state index is -0.377. The van der Waals surface area contributed by atoms with Gasteiger partial charge in [-0.2, -0.15) is 0 Å². The monoisotopic (exact) mass is 231 g/mol. The number of ether oxygens (including phenoxy) is 1. The average molecular weight is 231 g/mol. The van der Waals surface area contributed by atoms with Crippen molar-refractivity contribution in [2.45, 2.75) is 13.5 Å². The molecule has 0 radical (unpaired) electrons. The van der Waals surface area contributed by atoms with Crippen molar-refractivity contribution in [1.82, 2.24) is 5.32 Å². The number of hydrogen-bond donors (Lipinski definition) is 1. The molecule has 0 aliphatic carbocycles. The van der Waals surface area contributed by atoms with Crippen molar-refractivity contribution >= 4 is 18.0 Å². The Kier molecular flexibility index (Phi) is 3.23. The van der Waals surface area contributed by atoms with Gasteiger partial charge in [-0.15, -0.1) is 0 Å². The van der Waals surface area contributed by atoms with Crippen LogP contribution < -0.4 is 5.32 Å². The van der Waals surface area contributed by atoms with Crippen LogP contribution in [0, 0.1) is 0 Å². The number of benzene rings is 1. The molecule has 0 atom stereocenters. The third-order valence-electron chi connectivity index (χ3n) is 2.52. The number of rotatable bonds is 3. The van der Waals surface area contributed by atoms with Crippen LogP contribution in [0.1, 0.15) is 28.4 Å². The maximum atomic E-state index is 11.4. The Morgan fingerprint density at radius 3 is 3.12 bits per heavy atom. The Hall–Kier alpha value is -2.10. The number of fused-ring (bicyclic) bond motifs is 1. The zero-order valence-electron chi connectivity index (χ0n) is 9.53. The molecule has 4 heteroatoms. The van der Waals surface area contributed by atoms with E-state index in [1.807, 2.05) is 12.1 Å². The van der Waals surface area contributed by atoms with Gasteiger partial charge in [0, 0.05) is 18.2 Å². The summed E-state index contributed by atoms with van der Waals surface area (Å²) in [6.07, 6.45) is 3.00. The lowest BCUT2D eigenvalue weighted by molar-refractivity contribution is -0.137. The summed E-state index contributed by atoms with van der Waals surface area (Å²) in [6.45, 7) is 2.69. The highest BCUT2D eigenvalue weighted by atomic mass is 16.5. The lowest BCUT2D eigenvalue weighted by Crippen LogP contribution is -2.12. The van der Waals surface area contributed by atoms with Gasteiger partial charge in [-0.3, -0.25) is 4.79 Å². The first-order chi connectivity index (χ1) is 8.20. The molecule has 1 aliphatic heterocycles. The summed E-state index contributed by atoms with van der Waals surface area (Å²) in [5.41, 5.74) is 2.48. The lowest BCUT2D eigenvalue weighted by Gasteiger charge is -1.98. The van der Waals surface area contributed by atoms with Crippen LogP contribution in [0.2, 0.25) is 0 Å². The molecule has 4 nitrogen and oxygen atoms in total. The molecule has 1 heterocycles. The largest absolute Gasteiger partial charge is 0.463 e. The van der Waals surface area contributed by atoms with Crippen LogP contribution in [0.15, 0.2) is 24.3 Å². The van der Waals surface area contributed by atoms with E-state index < -0.39 is 0 Å². The lowest BCUT2D eigenvalue weighted by atomic mass is 10.1. The van der Waals surface area contributed by atoms with Crippen molar-refractivity contribution < 1.29 is 14.3 Å². The molecule has 1 N–H and O–H groups in total. The highest BCUT2D eigenvalue weighted by Gasteiger charge is 2.17. The number of nitrogens with one attached hydrogen (secondary N) is 1. The van der Waals surface area contributed by atoms with Gasteiger partial charge < -0.3 is 10.1 Å². The predicted octanol–water partition coefficient (Wildman–Crippen LogP) is 1.51. The predicted molar refractivity (Wildman–Crippen MR) is 63.3 cm³/mol. The number of hydrogen-bond acceptors (Lipinski definition) is 3. The van der Waals surface area contributed by atoms with E-state index in [1.165, 1.54) is 6.08 Å².